The zero-order valence-corrected chi connectivity index (χ0v) is 14.8. The predicted octanol–water partition coefficient (Wildman–Crippen LogP) is 3.13. The molecule has 1 aromatic carbocycles. The van der Waals surface area contributed by atoms with Crippen LogP contribution in [0, 0.1) is 11.3 Å². The van der Waals surface area contributed by atoms with E-state index in [0.717, 1.165) is 47.5 Å². The van der Waals surface area contributed by atoms with Crippen molar-refractivity contribution in [3.8, 4) is 6.07 Å². The van der Waals surface area contributed by atoms with Crippen LogP contribution in [0.1, 0.15) is 42.7 Å². The average Bonchev–Trinajstić information content (AvgIpc) is 2.64. The van der Waals surface area contributed by atoms with E-state index in [1.54, 1.807) is 11.9 Å². The van der Waals surface area contributed by atoms with E-state index in [0.29, 0.717) is 17.8 Å². The average molecular weight is 335 g/mol. The second-order valence-corrected chi connectivity index (χ2v) is 6.09. The number of fused-ring (bicyclic) bond motifs is 1. The maximum Gasteiger partial charge on any atom is 0.227 e. The van der Waals surface area contributed by atoms with Gasteiger partial charge < -0.3 is 10.2 Å². The predicted molar refractivity (Wildman–Crippen MR) is 97.0 cm³/mol. The van der Waals surface area contributed by atoms with Crippen LogP contribution < -0.4 is 10.2 Å². The van der Waals surface area contributed by atoms with Crippen LogP contribution in [0.25, 0.3) is 0 Å². The van der Waals surface area contributed by atoms with Crippen molar-refractivity contribution >= 4 is 23.1 Å². The summed E-state index contributed by atoms with van der Waals surface area (Å²) in [5, 5.41) is 21.3. The lowest BCUT2D eigenvalue weighted by Gasteiger charge is -2.26. The highest BCUT2D eigenvalue weighted by Crippen LogP contribution is 2.31. The molecule has 1 N–H and O–H groups in total. The van der Waals surface area contributed by atoms with Gasteiger partial charge in [0, 0.05) is 24.8 Å². The summed E-state index contributed by atoms with van der Waals surface area (Å²) in [5.74, 6) is 0.616. The van der Waals surface area contributed by atoms with Crippen LogP contribution in [-0.4, -0.2) is 23.2 Å². The number of nitriles is 1. The Balaban J connectivity index is 1.96. The molecule has 2 heterocycles. The summed E-state index contributed by atoms with van der Waals surface area (Å²) in [6, 6.07) is 8.11. The van der Waals surface area contributed by atoms with Crippen molar-refractivity contribution in [3.63, 3.8) is 0 Å². The number of aromatic nitrogens is 2. The van der Waals surface area contributed by atoms with Gasteiger partial charge in [-0.15, -0.1) is 5.10 Å². The molecule has 25 heavy (non-hydrogen) atoms. The van der Waals surface area contributed by atoms with Crippen molar-refractivity contribution in [1.29, 1.82) is 5.26 Å². The molecule has 2 aromatic rings. The van der Waals surface area contributed by atoms with Crippen molar-refractivity contribution in [3.05, 3.63) is 40.6 Å². The van der Waals surface area contributed by atoms with Gasteiger partial charge in [-0.25, -0.2) is 0 Å². The summed E-state index contributed by atoms with van der Waals surface area (Å²) in [4.78, 5) is 13.5. The molecule has 6 nitrogen and oxygen atoms in total. The number of rotatable bonds is 4. The number of hydrogen-bond donors (Lipinski definition) is 1. The first-order chi connectivity index (χ1) is 12.1. The smallest absolute Gasteiger partial charge is 0.227 e. The third kappa shape index (κ3) is 3.05. The van der Waals surface area contributed by atoms with Gasteiger partial charge in [0.15, 0.2) is 5.82 Å². The first kappa shape index (κ1) is 16.9. The lowest BCUT2D eigenvalue weighted by Crippen LogP contribution is -2.31. The second-order valence-electron chi connectivity index (χ2n) is 6.09. The second kappa shape index (κ2) is 6.89. The van der Waals surface area contributed by atoms with Gasteiger partial charge in [-0.05, 0) is 48.6 Å². The highest BCUT2D eigenvalue weighted by atomic mass is 16.2. The Morgan fingerprint density at radius 2 is 2.04 bits per heavy atom. The molecule has 3 rings (SSSR count). The fraction of sp³-hybridized carbons (Fsp3) is 0.368. The molecule has 128 valence electrons. The Hall–Kier alpha value is -2.94. The number of nitrogens with zero attached hydrogens (tertiary/aromatic N) is 4. The van der Waals surface area contributed by atoms with Crippen LogP contribution in [0.4, 0.5) is 17.2 Å². The van der Waals surface area contributed by atoms with Crippen molar-refractivity contribution in [2.75, 3.05) is 17.3 Å². The van der Waals surface area contributed by atoms with Crippen LogP contribution in [0.3, 0.4) is 0 Å². The minimum absolute atomic E-state index is 0.133. The number of nitrogens with one attached hydrogen (secondary N) is 1. The molecule has 1 aromatic heterocycles. The summed E-state index contributed by atoms with van der Waals surface area (Å²) >= 11 is 0. The lowest BCUT2D eigenvalue weighted by molar-refractivity contribution is -0.118. The van der Waals surface area contributed by atoms with Crippen LogP contribution in [0.2, 0.25) is 0 Å². The SMILES string of the molecule is CCc1nnc(Nc2ccc3c(c2)CCC(=O)N3C)c(C#N)c1CC. The van der Waals surface area contributed by atoms with Crippen molar-refractivity contribution in [2.45, 2.75) is 39.5 Å². The topological polar surface area (TPSA) is 81.9 Å². The minimum atomic E-state index is 0.133. The number of amides is 1. The third-order valence-corrected chi connectivity index (χ3v) is 4.64. The summed E-state index contributed by atoms with van der Waals surface area (Å²) in [7, 11) is 1.80. The standard InChI is InChI=1S/C19H21N5O/c1-4-14-15(11-20)19(23-22-16(14)5-2)21-13-7-8-17-12(10-13)6-9-18(25)24(17)3/h7-8,10H,4-6,9H2,1-3H3,(H,21,23). The van der Waals surface area contributed by atoms with E-state index in [1.807, 2.05) is 32.0 Å². The van der Waals surface area contributed by atoms with Crippen molar-refractivity contribution < 1.29 is 4.79 Å². The molecule has 0 bridgehead atoms. The van der Waals surface area contributed by atoms with Crippen molar-refractivity contribution in [1.82, 2.24) is 10.2 Å². The number of benzene rings is 1. The monoisotopic (exact) mass is 335 g/mol. The molecule has 0 spiro atoms. The maximum atomic E-state index is 11.8. The summed E-state index contributed by atoms with van der Waals surface area (Å²) < 4.78 is 0. The van der Waals surface area contributed by atoms with Gasteiger partial charge in [-0.1, -0.05) is 13.8 Å². The molecule has 0 fully saturated rings. The van der Waals surface area contributed by atoms with Gasteiger partial charge in [0.2, 0.25) is 5.91 Å². The zero-order chi connectivity index (χ0) is 18.0. The molecule has 0 saturated heterocycles. The summed E-state index contributed by atoms with van der Waals surface area (Å²) in [6.45, 7) is 4.03. The van der Waals surface area contributed by atoms with Crippen LogP contribution in [0.5, 0.6) is 0 Å². The fourth-order valence-electron chi connectivity index (χ4n) is 3.25. The number of carbonyl (C=O) groups excluding carboxylic acids is 1. The number of carbonyl (C=O) groups is 1. The quantitative estimate of drug-likeness (QED) is 0.928. The molecule has 0 unspecified atom stereocenters. The Labute approximate surface area is 147 Å². The van der Waals surface area contributed by atoms with E-state index >= 15 is 0 Å². The first-order valence-corrected chi connectivity index (χ1v) is 8.54. The van der Waals surface area contributed by atoms with Gasteiger partial charge >= 0.3 is 0 Å². The van der Waals surface area contributed by atoms with E-state index in [-0.39, 0.29) is 5.91 Å². The largest absolute Gasteiger partial charge is 0.338 e. The molecule has 0 radical (unpaired) electrons. The van der Waals surface area contributed by atoms with Gasteiger partial charge in [0.25, 0.3) is 0 Å². The molecule has 0 saturated carbocycles. The summed E-state index contributed by atoms with van der Waals surface area (Å²) in [5.41, 5.74) is 5.27. The molecule has 0 atom stereocenters. The zero-order valence-electron chi connectivity index (χ0n) is 14.8. The molecule has 1 aliphatic rings. The normalized spacial score (nSPS) is 13.4. The van der Waals surface area contributed by atoms with Crippen LogP contribution >= 0.6 is 0 Å². The molecule has 6 heteroatoms. The first-order valence-electron chi connectivity index (χ1n) is 8.54. The van der Waals surface area contributed by atoms with Gasteiger partial charge in [-0.3, -0.25) is 4.79 Å². The number of hydrogen-bond acceptors (Lipinski definition) is 5. The van der Waals surface area contributed by atoms with Crippen LogP contribution in [-0.2, 0) is 24.1 Å². The summed E-state index contributed by atoms with van der Waals surface area (Å²) in [6.07, 6.45) is 2.74. The molecular weight excluding hydrogens is 314 g/mol. The molecular formula is C19H21N5O. The fourth-order valence-corrected chi connectivity index (χ4v) is 3.25. The Kier molecular flexibility index (Phi) is 4.66. The number of anilines is 3. The molecule has 1 amide bonds. The highest BCUT2D eigenvalue weighted by molar-refractivity contribution is 5.96. The van der Waals surface area contributed by atoms with Gasteiger partial charge in [0.1, 0.15) is 11.6 Å². The minimum Gasteiger partial charge on any atom is -0.338 e. The Bertz CT molecular complexity index is 869. The van der Waals surface area contributed by atoms with Gasteiger partial charge in [0.05, 0.1) is 5.69 Å². The lowest BCUT2D eigenvalue weighted by atomic mass is 10.0. The van der Waals surface area contributed by atoms with Crippen molar-refractivity contribution in [2.24, 2.45) is 0 Å². The highest BCUT2D eigenvalue weighted by Gasteiger charge is 2.21. The van der Waals surface area contributed by atoms with E-state index in [1.165, 1.54) is 0 Å². The van der Waals surface area contributed by atoms with E-state index in [4.69, 9.17) is 0 Å². The Morgan fingerprint density at radius 1 is 1.24 bits per heavy atom. The Morgan fingerprint density at radius 3 is 2.72 bits per heavy atom. The molecule has 0 aliphatic carbocycles. The van der Waals surface area contributed by atoms with E-state index in [9.17, 15) is 10.1 Å². The molecule has 1 aliphatic heterocycles. The van der Waals surface area contributed by atoms with Crippen LogP contribution in [0.15, 0.2) is 18.2 Å². The number of aryl methyl sites for hydroxylation is 2. The van der Waals surface area contributed by atoms with E-state index < -0.39 is 0 Å². The van der Waals surface area contributed by atoms with E-state index in [2.05, 4.69) is 21.6 Å². The van der Waals surface area contributed by atoms with Gasteiger partial charge in [-0.2, -0.15) is 10.4 Å². The maximum absolute atomic E-state index is 11.8. The third-order valence-electron chi connectivity index (χ3n) is 4.64.